The smallest absolute Gasteiger partial charge is 0.326 e. The van der Waals surface area contributed by atoms with Gasteiger partial charge in [0.15, 0.2) is 0 Å². The molecule has 1 fully saturated rings. The molecule has 2 unspecified atom stereocenters. The monoisotopic (exact) mass is 374 g/mol. The third-order valence-corrected chi connectivity index (χ3v) is 4.96. The molecule has 1 aliphatic heterocycles. The quantitative estimate of drug-likeness (QED) is 0.839. The average Bonchev–Trinajstić information content (AvgIpc) is 3.05. The Kier molecular flexibility index (Phi) is 5.00. The number of carboxylic acids is 1. The Bertz CT molecular complexity index is 574. The van der Waals surface area contributed by atoms with E-state index in [4.69, 9.17) is 5.11 Å². The van der Waals surface area contributed by atoms with Crippen LogP contribution in [0.2, 0.25) is 0 Å². The Morgan fingerprint density at radius 1 is 1.48 bits per heavy atom. The Labute approximate surface area is 134 Å². The molecule has 1 aliphatic rings. The Hall–Kier alpha value is -1.41. The minimum absolute atomic E-state index is 0.336. The molecular weight excluding hydrogens is 360 g/mol. The molecule has 6 nitrogen and oxygen atoms in total. The van der Waals surface area contributed by atoms with Crippen molar-refractivity contribution in [3.05, 3.63) is 20.8 Å². The van der Waals surface area contributed by atoms with Crippen LogP contribution in [0.3, 0.4) is 0 Å². The van der Waals surface area contributed by atoms with Crippen molar-refractivity contribution in [1.29, 1.82) is 0 Å². The summed E-state index contributed by atoms with van der Waals surface area (Å²) in [4.78, 5) is 37.2. The Morgan fingerprint density at radius 2 is 2.19 bits per heavy atom. The first-order valence-electron chi connectivity index (χ1n) is 6.49. The summed E-state index contributed by atoms with van der Waals surface area (Å²) < 4.78 is 0.831. The minimum Gasteiger partial charge on any atom is -0.480 e. The van der Waals surface area contributed by atoms with E-state index < -0.39 is 18.1 Å². The van der Waals surface area contributed by atoms with Crippen LogP contribution in [0, 0.1) is 0 Å². The number of nitrogens with one attached hydrogen (secondary N) is 1. The van der Waals surface area contributed by atoms with Gasteiger partial charge in [-0.15, -0.1) is 11.3 Å². The number of aliphatic carboxylic acids is 1. The van der Waals surface area contributed by atoms with Crippen LogP contribution < -0.4 is 5.32 Å². The molecule has 2 rings (SSSR count). The molecular formula is C13H15BrN2O4S. The lowest BCUT2D eigenvalue weighted by atomic mass is 10.2. The molecule has 0 bridgehead atoms. The summed E-state index contributed by atoms with van der Waals surface area (Å²) in [6.07, 6.45) is 1.13. The number of carbonyl (C=O) groups excluding carboxylic acids is 2. The summed E-state index contributed by atoms with van der Waals surface area (Å²) in [6, 6.07) is 1.88. The number of hydrogen-bond donors (Lipinski definition) is 2. The van der Waals surface area contributed by atoms with Crippen LogP contribution in [0.15, 0.2) is 15.9 Å². The van der Waals surface area contributed by atoms with Gasteiger partial charge in [0.25, 0.3) is 5.91 Å². The minimum atomic E-state index is -0.999. The van der Waals surface area contributed by atoms with Crippen LogP contribution in [-0.4, -0.2) is 46.4 Å². The number of carbonyl (C=O) groups is 3. The van der Waals surface area contributed by atoms with E-state index in [-0.39, 0.29) is 11.8 Å². The summed E-state index contributed by atoms with van der Waals surface area (Å²) >= 11 is 4.54. The summed E-state index contributed by atoms with van der Waals surface area (Å²) in [7, 11) is 0. The first kappa shape index (κ1) is 16.0. The van der Waals surface area contributed by atoms with Gasteiger partial charge >= 0.3 is 5.97 Å². The topological polar surface area (TPSA) is 86.7 Å². The largest absolute Gasteiger partial charge is 0.480 e. The molecule has 0 aliphatic carbocycles. The van der Waals surface area contributed by atoms with Gasteiger partial charge in [-0.2, -0.15) is 0 Å². The highest BCUT2D eigenvalue weighted by atomic mass is 79.9. The molecule has 114 valence electrons. The SMILES string of the molecule is CC(NC(=O)c1ccc(Br)s1)C(=O)N1CCCC1C(=O)O. The maximum absolute atomic E-state index is 12.3. The van der Waals surface area contributed by atoms with Crippen LogP contribution in [-0.2, 0) is 9.59 Å². The van der Waals surface area contributed by atoms with Crippen molar-refractivity contribution in [1.82, 2.24) is 10.2 Å². The van der Waals surface area contributed by atoms with Crippen molar-refractivity contribution < 1.29 is 19.5 Å². The molecule has 1 saturated heterocycles. The lowest BCUT2D eigenvalue weighted by molar-refractivity contribution is -0.148. The van der Waals surface area contributed by atoms with E-state index in [2.05, 4.69) is 21.2 Å². The Balaban J connectivity index is 1.99. The van der Waals surface area contributed by atoms with E-state index in [1.54, 1.807) is 19.1 Å². The van der Waals surface area contributed by atoms with Gasteiger partial charge in [-0.1, -0.05) is 0 Å². The van der Waals surface area contributed by atoms with Gasteiger partial charge in [0.1, 0.15) is 12.1 Å². The van der Waals surface area contributed by atoms with Gasteiger partial charge in [-0.25, -0.2) is 4.79 Å². The lowest BCUT2D eigenvalue weighted by Crippen LogP contribution is -2.50. The van der Waals surface area contributed by atoms with Gasteiger partial charge in [0.05, 0.1) is 8.66 Å². The fraction of sp³-hybridized carbons (Fsp3) is 0.462. The highest BCUT2D eigenvalue weighted by molar-refractivity contribution is 9.11. The number of likely N-dealkylation sites (tertiary alicyclic amines) is 1. The summed E-state index contributed by atoms with van der Waals surface area (Å²) in [5.74, 6) is -1.69. The summed E-state index contributed by atoms with van der Waals surface area (Å²) in [6.45, 7) is 1.99. The zero-order valence-corrected chi connectivity index (χ0v) is 13.7. The van der Waals surface area contributed by atoms with Crippen molar-refractivity contribution in [3.8, 4) is 0 Å². The molecule has 21 heavy (non-hydrogen) atoms. The van der Waals surface area contributed by atoms with Crippen LogP contribution in [0.25, 0.3) is 0 Å². The van der Waals surface area contributed by atoms with E-state index in [1.807, 2.05) is 0 Å². The molecule has 2 heterocycles. The van der Waals surface area contributed by atoms with Crippen molar-refractivity contribution >= 4 is 45.1 Å². The lowest BCUT2D eigenvalue weighted by Gasteiger charge is -2.25. The molecule has 2 amide bonds. The highest BCUT2D eigenvalue weighted by Gasteiger charge is 2.36. The second-order valence-corrected chi connectivity index (χ2v) is 7.29. The molecule has 8 heteroatoms. The summed E-state index contributed by atoms with van der Waals surface area (Å²) in [5, 5.41) is 11.7. The molecule has 0 saturated carbocycles. The van der Waals surface area contributed by atoms with E-state index in [1.165, 1.54) is 16.2 Å². The second kappa shape index (κ2) is 6.57. The van der Waals surface area contributed by atoms with E-state index in [9.17, 15) is 14.4 Å². The Morgan fingerprint density at radius 3 is 2.76 bits per heavy atom. The maximum Gasteiger partial charge on any atom is 0.326 e. The number of nitrogens with zero attached hydrogens (tertiary/aromatic N) is 1. The van der Waals surface area contributed by atoms with Crippen molar-refractivity contribution in [2.75, 3.05) is 6.54 Å². The van der Waals surface area contributed by atoms with Gasteiger partial charge in [-0.05, 0) is 47.8 Å². The predicted octanol–water partition coefficient (Wildman–Crippen LogP) is 1.70. The predicted molar refractivity (Wildman–Crippen MR) is 81.3 cm³/mol. The third-order valence-electron chi connectivity index (χ3n) is 3.34. The molecule has 2 atom stereocenters. The molecule has 0 aromatic carbocycles. The van der Waals surface area contributed by atoms with Gasteiger partial charge < -0.3 is 15.3 Å². The number of carboxylic acid groups (broad SMARTS) is 1. The molecule has 0 radical (unpaired) electrons. The van der Waals surface area contributed by atoms with E-state index in [0.717, 1.165) is 3.79 Å². The zero-order valence-electron chi connectivity index (χ0n) is 11.3. The van der Waals surface area contributed by atoms with Crippen LogP contribution in [0.4, 0.5) is 0 Å². The van der Waals surface area contributed by atoms with Crippen molar-refractivity contribution in [2.24, 2.45) is 0 Å². The zero-order chi connectivity index (χ0) is 15.6. The van der Waals surface area contributed by atoms with Crippen LogP contribution in [0.1, 0.15) is 29.4 Å². The fourth-order valence-electron chi connectivity index (χ4n) is 2.30. The first-order chi connectivity index (χ1) is 9.90. The number of amides is 2. The van der Waals surface area contributed by atoms with Crippen molar-refractivity contribution in [2.45, 2.75) is 31.8 Å². The highest BCUT2D eigenvalue weighted by Crippen LogP contribution is 2.22. The summed E-state index contributed by atoms with van der Waals surface area (Å²) in [5.41, 5.74) is 0. The first-order valence-corrected chi connectivity index (χ1v) is 8.10. The van der Waals surface area contributed by atoms with Gasteiger partial charge in [-0.3, -0.25) is 9.59 Å². The maximum atomic E-state index is 12.3. The standard InChI is InChI=1S/C13H15BrN2O4S/c1-7(15-11(17)9-4-5-10(14)21-9)12(18)16-6-2-3-8(16)13(19)20/h4-5,7-8H,2-3,6H2,1H3,(H,15,17)(H,19,20). The third kappa shape index (κ3) is 3.62. The van der Waals surface area contributed by atoms with E-state index >= 15 is 0 Å². The normalized spacial score (nSPS) is 19.3. The second-order valence-electron chi connectivity index (χ2n) is 4.83. The molecule has 0 spiro atoms. The van der Waals surface area contributed by atoms with Crippen LogP contribution in [0.5, 0.6) is 0 Å². The molecule has 1 aromatic heterocycles. The number of halogens is 1. The molecule has 2 N–H and O–H groups in total. The average molecular weight is 375 g/mol. The number of thiophene rings is 1. The van der Waals surface area contributed by atoms with Crippen LogP contribution >= 0.6 is 27.3 Å². The molecule has 1 aromatic rings. The van der Waals surface area contributed by atoms with E-state index in [0.29, 0.717) is 24.3 Å². The number of rotatable bonds is 4. The number of hydrogen-bond acceptors (Lipinski definition) is 4. The van der Waals surface area contributed by atoms with Crippen molar-refractivity contribution in [3.63, 3.8) is 0 Å². The van der Waals surface area contributed by atoms with Gasteiger partial charge in [0.2, 0.25) is 5.91 Å². The fourth-order valence-corrected chi connectivity index (χ4v) is 3.59. The van der Waals surface area contributed by atoms with Gasteiger partial charge in [0, 0.05) is 6.54 Å².